The van der Waals surface area contributed by atoms with Gasteiger partial charge >= 0.3 is 5.97 Å². The number of nitrogens with one attached hydrogen (secondary N) is 2. The van der Waals surface area contributed by atoms with Crippen LogP contribution in [0.5, 0.6) is 0 Å². The average Bonchev–Trinajstić information content (AvgIpc) is 2.52. The van der Waals surface area contributed by atoms with Crippen LogP contribution in [0.3, 0.4) is 0 Å². The molecule has 1 saturated carbocycles. The van der Waals surface area contributed by atoms with Crippen molar-refractivity contribution in [1.82, 2.24) is 10.9 Å². The first-order valence-corrected chi connectivity index (χ1v) is 8.31. The fourth-order valence-electron chi connectivity index (χ4n) is 3.84. The Bertz CT molecular complexity index is 401. The number of rotatable bonds is 6. The lowest BCUT2D eigenvalue weighted by Gasteiger charge is -2.42. The van der Waals surface area contributed by atoms with Crippen molar-refractivity contribution in [3.8, 4) is 0 Å². The van der Waals surface area contributed by atoms with E-state index in [-0.39, 0.29) is 12.0 Å². The second-order valence-electron chi connectivity index (χ2n) is 6.42. The third kappa shape index (κ3) is 4.58. The molecule has 0 spiro atoms. The molecule has 1 aliphatic heterocycles. The maximum atomic E-state index is 11.9. The smallest absolute Gasteiger partial charge is 0.323 e. The highest BCUT2D eigenvalue weighted by Crippen LogP contribution is 2.40. The van der Waals surface area contributed by atoms with Gasteiger partial charge in [-0.3, -0.25) is 4.79 Å². The molecule has 4 atom stereocenters. The summed E-state index contributed by atoms with van der Waals surface area (Å²) in [6.45, 7) is 3.23. The molecule has 0 aromatic rings. The molecule has 2 aliphatic rings. The molecule has 6 N–H and O–H groups in total. The highest BCUT2D eigenvalue weighted by atomic mass is 16.5. The van der Waals surface area contributed by atoms with Crippen LogP contribution in [-0.4, -0.2) is 31.0 Å². The van der Waals surface area contributed by atoms with Crippen LogP contribution in [0.1, 0.15) is 45.4 Å². The molecule has 2 fully saturated rings. The summed E-state index contributed by atoms with van der Waals surface area (Å²) in [4.78, 5) is 11.9. The maximum absolute atomic E-state index is 11.9. The Morgan fingerprint density at radius 2 is 2.18 bits per heavy atom. The van der Waals surface area contributed by atoms with E-state index in [1.54, 1.807) is 0 Å². The van der Waals surface area contributed by atoms with Crippen LogP contribution in [0.4, 0.5) is 0 Å². The second kappa shape index (κ2) is 8.33. The van der Waals surface area contributed by atoms with Gasteiger partial charge in [-0.25, -0.2) is 11.4 Å². The first kappa shape index (κ1) is 17.0. The molecule has 0 aromatic carbocycles. The number of ether oxygens (including phenoxy) is 1. The zero-order valence-corrected chi connectivity index (χ0v) is 13.4. The number of amidine groups is 1. The summed E-state index contributed by atoms with van der Waals surface area (Å²) < 4.78 is 5.14. The van der Waals surface area contributed by atoms with Crippen molar-refractivity contribution in [2.75, 3.05) is 13.2 Å². The first-order chi connectivity index (χ1) is 10.6. The van der Waals surface area contributed by atoms with Crippen LogP contribution in [0.2, 0.25) is 0 Å². The quantitative estimate of drug-likeness (QED) is 0.186. The summed E-state index contributed by atoms with van der Waals surface area (Å²) in [6.07, 6.45) is 6.34. The second-order valence-corrected chi connectivity index (χ2v) is 6.42. The Balaban J connectivity index is 1.82. The molecule has 0 bridgehead atoms. The molecular weight excluding hydrogens is 282 g/mol. The van der Waals surface area contributed by atoms with Crippen LogP contribution in [-0.2, 0) is 9.53 Å². The third-order valence-corrected chi connectivity index (χ3v) is 5.00. The number of piperidine rings is 1. The van der Waals surface area contributed by atoms with E-state index in [2.05, 4.69) is 16.0 Å². The Kier molecular flexibility index (Phi) is 6.45. The van der Waals surface area contributed by atoms with Crippen molar-refractivity contribution in [1.29, 1.82) is 0 Å². The number of hydrazone groups is 1. The van der Waals surface area contributed by atoms with Gasteiger partial charge < -0.3 is 15.8 Å². The minimum Gasteiger partial charge on any atom is -0.465 e. The standard InChI is InChI=1S/C15H29N5O2/c1-2-22-15(21)13-8-12-7-10(3-5-11(12)9-18-13)4-6-14(16)19-20-17/h10-13,18,20H,2-9,17H2,1H3,(H2,16,19). The number of hydrogen-bond acceptors (Lipinski definition) is 6. The van der Waals surface area contributed by atoms with E-state index >= 15 is 0 Å². The van der Waals surface area contributed by atoms with Gasteiger partial charge in [-0.05, 0) is 56.9 Å². The number of hydrazine groups is 1. The van der Waals surface area contributed by atoms with Gasteiger partial charge in [-0.1, -0.05) is 6.42 Å². The number of nitrogens with zero attached hydrogens (tertiary/aromatic N) is 1. The monoisotopic (exact) mass is 311 g/mol. The minimum atomic E-state index is -0.131. The van der Waals surface area contributed by atoms with Crippen molar-refractivity contribution in [3.63, 3.8) is 0 Å². The molecule has 7 heteroatoms. The van der Waals surface area contributed by atoms with Crippen LogP contribution in [0.25, 0.3) is 0 Å². The summed E-state index contributed by atoms with van der Waals surface area (Å²) in [7, 11) is 0. The van der Waals surface area contributed by atoms with Crippen molar-refractivity contribution in [2.45, 2.75) is 51.5 Å². The molecule has 7 nitrogen and oxygen atoms in total. The van der Waals surface area contributed by atoms with Gasteiger partial charge in [0.1, 0.15) is 11.9 Å². The van der Waals surface area contributed by atoms with Gasteiger partial charge in [0, 0.05) is 6.42 Å². The largest absolute Gasteiger partial charge is 0.465 e. The number of hydrogen-bond donors (Lipinski definition) is 4. The van der Waals surface area contributed by atoms with Crippen molar-refractivity contribution in [2.24, 2.45) is 34.4 Å². The molecular formula is C15H29N5O2. The molecule has 1 heterocycles. The van der Waals surface area contributed by atoms with Gasteiger partial charge in [0.25, 0.3) is 0 Å². The number of carbonyl (C=O) groups excluding carboxylic acids is 1. The number of carbonyl (C=O) groups is 1. The van der Waals surface area contributed by atoms with Crippen molar-refractivity contribution in [3.05, 3.63) is 0 Å². The zero-order chi connectivity index (χ0) is 15.9. The van der Waals surface area contributed by atoms with E-state index < -0.39 is 0 Å². The maximum Gasteiger partial charge on any atom is 0.323 e. The van der Waals surface area contributed by atoms with Gasteiger partial charge in [-0.2, -0.15) is 5.10 Å². The number of nitrogens with two attached hydrogens (primary N) is 2. The Hall–Kier alpha value is -1.34. The van der Waals surface area contributed by atoms with Crippen LogP contribution in [0, 0.1) is 17.8 Å². The Morgan fingerprint density at radius 3 is 2.91 bits per heavy atom. The van der Waals surface area contributed by atoms with Crippen LogP contribution >= 0.6 is 0 Å². The van der Waals surface area contributed by atoms with E-state index in [1.165, 1.54) is 19.3 Å². The highest BCUT2D eigenvalue weighted by Gasteiger charge is 2.37. The van der Waals surface area contributed by atoms with Gasteiger partial charge in [0.15, 0.2) is 0 Å². The van der Waals surface area contributed by atoms with Gasteiger partial charge in [0.2, 0.25) is 0 Å². The third-order valence-electron chi connectivity index (χ3n) is 5.00. The SMILES string of the molecule is CCOC(=O)C1CC2CC(CC/C(N)=N/NN)CCC2CN1. The van der Waals surface area contributed by atoms with E-state index in [4.69, 9.17) is 16.3 Å². The Labute approximate surface area is 132 Å². The Morgan fingerprint density at radius 1 is 1.36 bits per heavy atom. The van der Waals surface area contributed by atoms with E-state index in [9.17, 15) is 4.79 Å². The molecule has 126 valence electrons. The summed E-state index contributed by atoms with van der Waals surface area (Å²) in [5.74, 6) is 7.54. The molecule has 1 saturated heterocycles. The van der Waals surface area contributed by atoms with E-state index in [0.717, 1.165) is 25.8 Å². The summed E-state index contributed by atoms with van der Waals surface area (Å²) in [5.41, 5.74) is 8.00. The molecule has 22 heavy (non-hydrogen) atoms. The van der Waals surface area contributed by atoms with Crippen molar-refractivity contribution < 1.29 is 9.53 Å². The predicted molar refractivity (Wildman–Crippen MR) is 85.5 cm³/mol. The molecule has 0 radical (unpaired) electrons. The molecule has 4 unspecified atom stereocenters. The van der Waals surface area contributed by atoms with Crippen LogP contribution in [0.15, 0.2) is 5.10 Å². The topological polar surface area (TPSA) is 115 Å². The number of fused-ring (bicyclic) bond motifs is 1. The lowest BCUT2D eigenvalue weighted by molar-refractivity contribution is -0.147. The summed E-state index contributed by atoms with van der Waals surface area (Å²) in [5, 5.41) is 7.15. The molecule has 0 amide bonds. The highest BCUT2D eigenvalue weighted by molar-refractivity contribution is 5.79. The van der Waals surface area contributed by atoms with Gasteiger partial charge in [0.05, 0.1) is 6.61 Å². The molecule has 1 aliphatic carbocycles. The predicted octanol–water partition coefficient (Wildman–Crippen LogP) is 0.460. The lowest BCUT2D eigenvalue weighted by Crippen LogP contribution is -2.50. The molecule has 2 rings (SSSR count). The van der Waals surface area contributed by atoms with Crippen molar-refractivity contribution >= 4 is 11.8 Å². The lowest BCUT2D eigenvalue weighted by atomic mass is 9.69. The normalized spacial score (nSPS) is 32.2. The average molecular weight is 311 g/mol. The van der Waals surface area contributed by atoms with E-state index in [1.807, 2.05) is 6.92 Å². The number of esters is 1. The minimum absolute atomic E-state index is 0.103. The first-order valence-electron chi connectivity index (χ1n) is 8.31. The van der Waals surface area contributed by atoms with Gasteiger partial charge in [-0.15, -0.1) is 0 Å². The summed E-state index contributed by atoms with van der Waals surface area (Å²) in [6, 6.07) is -0.131. The fraction of sp³-hybridized carbons (Fsp3) is 0.867. The fourth-order valence-corrected chi connectivity index (χ4v) is 3.84. The van der Waals surface area contributed by atoms with E-state index in [0.29, 0.717) is 30.2 Å². The summed E-state index contributed by atoms with van der Waals surface area (Å²) >= 11 is 0. The molecule has 0 aromatic heterocycles. The van der Waals surface area contributed by atoms with Crippen LogP contribution < -0.4 is 22.4 Å². The zero-order valence-electron chi connectivity index (χ0n) is 13.4.